The molecule has 1 heterocycles. The fourth-order valence-electron chi connectivity index (χ4n) is 5.32. The van der Waals surface area contributed by atoms with Crippen molar-refractivity contribution in [3.8, 4) is 0 Å². The van der Waals surface area contributed by atoms with Gasteiger partial charge in [-0.1, -0.05) is 19.9 Å². The average molecular weight is 408 g/mol. The molecule has 0 radical (unpaired) electrons. The number of hydrogen-bond acceptors (Lipinski definition) is 7. The molecule has 7 heteroatoms. The van der Waals surface area contributed by atoms with E-state index in [0.29, 0.717) is 29.7 Å². The summed E-state index contributed by atoms with van der Waals surface area (Å²) in [6.45, 7) is 11.1. The second-order valence-electron chi connectivity index (χ2n) is 8.78. The first-order valence-corrected chi connectivity index (χ1v) is 10.3. The van der Waals surface area contributed by atoms with Crippen molar-refractivity contribution in [1.29, 1.82) is 0 Å². The van der Waals surface area contributed by atoms with Gasteiger partial charge < -0.3 is 24.4 Å². The summed E-state index contributed by atoms with van der Waals surface area (Å²) >= 11 is 0. The minimum Gasteiger partial charge on any atom is -0.459 e. The van der Waals surface area contributed by atoms with Gasteiger partial charge in [-0.05, 0) is 40.5 Å². The number of aliphatic hydroxyl groups is 2. The molecule has 6 unspecified atom stereocenters. The van der Waals surface area contributed by atoms with E-state index in [2.05, 4.69) is 0 Å². The van der Waals surface area contributed by atoms with E-state index in [-0.39, 0.29) is 24.7 Å². The van der Waals surface area contributed by atoms with Gasteiger partial charge in [0.25, 0.3) is 0 Å². The molecule has 0 amide bonds. The first-order chi connectivity index (χ1) is 13.4. The third-order valence-electron chi connectivity index (χ3n) is 7.43. The van der Waals surface area contributed by atoms with E-state index in [1.165, 1.54) is 0 Å². The first kappa shape index (κ1) is 22.0. The lowest BCUT2D eigenvalue weighted by Crippen LogP contribution is -2.70. The maximum Gasteiger partial charge on any atom is 0.336 e. The van der Waals surface area contributed by atoms with Crippen LogP contribution in [-0.2, 0) is 23.8 Å². The predicted molar refractivity (Wildman–Crippen MR) is 105 cm³/mol. The van der Waals surface area contributed by atoms with Crippen molar-refractivity contribution in [2.24, 2.45) is 11.3 Å². The molecule has 2 fully saturated rings. The number of fused-ring (bicyclic) bond motifs is 2. The number of allylic oxidation sites excluding steroid dienone is 1. The maximum atomic E-state index is 12.4. The Hall–Kier alpha value is -1.70. The molecule has 1 aliphatic heterocycles. The zero-order chi connectivity index (χ0) is 21.8. The zero-order valence-corrected chi connectivity index (χ0v) is 18.1. The highest BCUT2D eigenvalue weighted by Crippen LogP contribution is 2.62. The summed E-state index contributed by atoms with van der Waals surface area (Å²) in [6.07, 6.45) is 1.13. The van der Waals surface area contributed by atoms with Gasteiger partial charge in [-0.25, -0.2) is 9.59 Å². The Morgan fingerprint density at radius 3 is 2.62 bits per heavy atom. The summed E-state index contributed by atoms with van der Waals surface area (Å²) in [5.74, 6) is -3.14. The van der Waals surface area contributed by atoms with E-state index in [9.17, 15) is 19.8 Å². The fourth-order valence-corrected chi connectivity index (χ4v) is 5.32. The van der Waals surface area contributed by atoms with Gasteiger partial charge in [0.15, 0.2) is 0 Å². The van der Waals surface area contributed by atoms with Crippen LogP contribution in [0.15, 0.2) is 22.8 Å². The minimum atomic E-state index is -1.87. The molecule has 29 heavy (non-hydrogen) atoms. The molecule has 0 saturated heterocycles. The lowest BCUT2D eigenvalue weighted by atomic mass is 9.49. The fraction of sp³-hybridized carbons (Fsp3) is 0.727. The molecular formula is C22H32O7. The van der Waals surface area contributed by atoms with Crippen LogP contribution in [0.4, 0.5) is 0 Å². The molecule has 0 bridgehead atoms. The van der Waals surface area contributed by atoms with Crippen LogP contribution in [0.1, 0.15) is 60.8 Å². The first-order valence-electron chi connectivity index (χ1n) is 10.3. The highest BCUT2D eigenvalue weighted by Gasteiger charge is 2.71. The molecule has 6 atom stereocenters. The van der Waals surface area contributed by atoms with Crippen molar-refractivity contribution < 1.29 is 34.0 Å². The minimum absolute atomic E-state index is 0.128. The molecule has 0 aromatic rings. The van der Waals surface area contributed by atoms with E-state index in [1.807, 2.05) is 20.8 Å². The molecule has 3 aliphatic rings. The van der Waals surface area contributed by atoms with E-state index < -0.39 is 35.0 Å². The van der Waals surface area contributed by atoms with Crippen molar-refractivity contribution in [3.05, 3.63) is 22.8 Å². The van der Waals surface area contributed by atoms with E-state index in [0.717, 1.165) is 0 Å². The van der Waals surface area contributed by atoms with Crippen molar-refractivity contribution in [3.63, 3.8) is 0 Å². The van der Waals surface area contributed by atoms with Gasteiger partial charge >= 0.3 is 11.9 Å². The molecule has 0 aromatic heterocycles. The molecule has 7 nitrogen and oxygen atoms in total. The van der Waals surface area contributed by atoms with Crippen LogP contribution in [0, 0.1) is 11.3 Å². The molecule has 2 aliphatic carbocycles. The second kappa shape index (κ2) is 7.22. The van der Waals surface area contributed by atoms with Crippen LogP contribution in [-0.4, -0.2) is 52.4 Å². The van der Waals surface area contributed by atoms with Crippen LogP contribution >= 0.6 is 0 Å². The van der Waals surface area contributed by atoms with E-state index in [1.54, 1.807) is 26.8 Å². The predicted octanol–water partition coefficient (Wildman–Crippen LogP) is 2.40. The summed E-state index contributed by atoms with van der Waals surface area (Å²) in [6, 6.07) is 0. The molecule has 0 aromatic carbocycles. The Balaban J connectivity index is 2.06. The topological polar surface area (TPSA) is 102 Å². The Kier molecular flexibility index (Phi) is 5.47. The van der Waals surface area contributed by atoms with Crippen molar-refractivity contribution in [1.82, 2.24) is 0 Å². The van der Waals surface area contributed by atoms with Crippen LogP contribution in [0.5, 0.6) is 0 Å². The van der Waals surface area contributed by atoms with Gasteiger partial charge in [-0.15, -0.1) is 0 Å². The summed E-state index contributed by atoms with van der Waals surface area (Å²) in [7, 11) is 0. The maximum absolute atomic E-state index is 12.4. The van der Waals surface area contributed by atoms with Gasteiger partial charge in [0.05, 0.1) is 11.7 Å². The Morgan fingerprint density at radius 2 is 2.03 bits per heavy atom. The normalized spacial score (nSPS) is 42.3. The van der Waals surface area contributed by atoms with E-state index in [4.69, 9.17) is 14.2 Å². The van der Waals surface area contributed by atoms with Gasteiger partial charge in [-0.2, -0.15) is 0 Å². The molecule has 3 rings (SSSR count). The SMILES string of the molecule is CC=C(C)C(=O)OC1CCC2(O)CC3(O)OC(=O)C(C)=C3C(OCC)C2(C)C1C. The molecule has 0 spiro atoms. The van der Waals surface area contributed by atoms with Gasteiger partial charge in [-0.3, -0.25) is 0 Å². The quantitative estimate of drug-likeness (QED) is 0.544. The molecule has 2 N–H and O–H groups in total. The standard InChI is InChI=1S/C22H32O7/c1-7-12(3)18(23)28-15-9-10-21(25)11-22(26)16(13(4)19(24)29-22)17(27-8-2)20(21,6)14(15)5/h7,14-15,17,25-26H,8-11H2,1-6H3. The second-order valence-corrected chi connectivity index (χ2v) is 8.78. The molecule has 2 saturated carbocycles. The third kappa shape index (κ3) is 3.05. The summed E-state index contributed by atoms with van der Waals surface area (Å²) in [5.41, 5.74) is -1.04. The monoisotopic (exact) mass is 408 g/mol. The smallest absolute Gasteiger partial charge is 0.336 e. The number of carbonyl (C=O) groups excluding carboxylic acids is 2. The Bertz CT molecular complexity index is 784. The Labute approximate surface area is 171 Å². The number of ether oxygens (including phenoxy) is 3. The van der Waals surface area contributed by atoms with Crippen LogP contribution < -0.4 is 0 Å². The number of rotatable bonds is 4. The molecular weight excluding hydrogens is 376 g/mol. The third-order valence-corrected chi connectivity index (χ3v) is 7.43. The largest absolute Gasteiger partial charge is 0.459 e. The average Bonchev–Trinajstić information content (AvgIpc) is 2.87. The summed E-state index contributed by atoms with van der Waals surface area (Å²) in [5, 5.41) is 22.8. The molecule has 162 valence electrons. The van der Waals surface area contributed by atoms with Gasteiger partial charge in [0.1, 0.15) is 6.10 Å². The van der Waals surface area contributed by atoms with Crippen LogP contribution in [0.3, 0.4) is 0 Å². The van der Waals surface area contributed by atoms with Crippen molar-refractivity contribution >= 4 is 11.9 Å². The van der Waals surface area contributed by atoms with Crippen molar-refractivity contribution in [2.75, 3.05) is 6.61 Å². The number of carbonyl (C=O) groups is 2. The highest BCUT2D eigenvalue weighted by atomic mass is 16.7. The van der Waals surface area contributed by atoms with Gasteiger partial charge in [0, 0.05) is 41.1 Å². The van der Waals surface area contributed by atoms with Crippen LogP contribution in [0.2, 0.25) is 0 Å². The van der Waals surface area contributed by atoms with Gasteiger partial charge in [0.2, 0.25) is 5.79 Å². The number of esters is 2. The zero-order valence-electron chi connectivity index (χ0n) is 18.1. The lowest BCUT2D eigenvalue weighted by molar-refractivity contribution is -0.288. The summed E-state index contributed by atoms with van der Waals surface area (Å²) < 4.78 is 17.1. The van der Waals surface area contributed by atoms with Crippen molar-refractivity contribution in [2.45, 2.75) is 84.4 Å². The Morgan fingerprint density at radius 1 is 1.38 bits per heavy atom. The highest BCUT2D eigenvalue weighted by molar-refractivity contribution is 5.92. The van der Waals surface area contributed by atoms with Crippen LogP contribution in [0.25, 0.3) is 0 Å². The van der Waals surface area contributed by atoms with E-state index >= 15 is 0 Å². The lowest BCUT2D eigenvalue weighted by Gasteiger charge is -2.62. The summed E-state index contributed by atoms with van der Waals surface area (Å²) in [4.78, 5) is 24.6. The number of hydrogen-bond donors (Lipinski definition) is 2.